The molecule has 1 aromatic rings. The highest BCUT2D eigenvalue weighted by molar-refractivity contribution is 8.00. The molecule has 0 spiro atoms. The Morgan fingerprint density at radius 2 is 1.95 bits per heavy atom. The van der Waals surface area contributed by atoms with Crippen LogP contribution in [-0.4, -0.2) is 34.7 Å². The number of hydrogen-bond donors (Lipinski definition) is 3. The van der Waals surface area contributed by atoms with Crippen LogP contribution >= 0.6 is 11.8 Å². The number of thioether (sulfide) groups is 1. The van der Waals surface area contributed by atoms with Gasteiger partial charge in [-0.1, -0.05) is 12.1 Å². The monoisotopic (exact) mass is 308 g/mol. The molecule has 1 aromatic carbocycles. The maximum absolute atomic E-state index is 11.8. The number of hydrogen-bond acceptors (Lipinski definition) is 3. The van der Waals surface area contributed by atoms with E-state index in [2.05, 4.69) is 16.9 Å². The van der Waals surface area contributed by atoms with E-state index in [0.29, 0.717) is 18.7 Å². The summed E-state index contributed by atoms with van der Waals surface area (Å²) >= 11 is 1.81. The highest BCUT2D eigenvalue weighted by Crippen LogP contribution is 2.46. The van der Waals surface area contributed by atoms with Crippen LogP contribution in [0.5, 0.6) is 0 Å². The van der Waals surface area contributed by atoms with Crippen LogP contribution in [0.1, 0.15) is 24.8 Å². The van der Waals surface area contributed by atoms with E-state index in [1.54, 1.807) is 23.9 Å². The average Bonchev–Trinajstić information content (AvgIpc) is 3.25. The Kier molecular flexibility index (Phi) is 5.12. The van der Waals surface area contributed by atoms with Crippen molar-refractivity contribution in [1.82, 2.24) is 5.32 Å². The zero-order valence-electron chi connectivity index (χ0n) is 12.0. The Morgan fingerprint density at radius 3 is 2.48 bits per heavy atom. The molecule has 2 rings (SSSR count). The largest absolute Gasteiger partial charge is 0.481 e. The van der Waals surface area contributed by atoms with Gasteiger partial charge in [-0.3, -0.25) is 4.79 Å². The van der Waals surface area contributed by atoms with Crippen LogP contribution in [0.4, 0.5) is 10.5 Å². The third kappa shape index (κ3) is 4.97. The molecule has 1 aliphatic carbocycles. The van der Waals surface area contributed by atoms with Crippen molar-refractivity contribution in [3.05, 3.63) is 29.8 Å². The molecule has 0 atom stereocenters. The van der Waals surface area contributed by atoms with Gasteiger partial charge in [0.1, 0.15) is 0 Å². The summed E-state index contributed by atoms with van der Waals surface area (Å²) in [6, 6.07) is 7.05. The van der Waals surface area contributed by atoms with Crippen LogP contribution in [0, 0.1) is 0 Å². The Labute approximate surface area is 128 Å². The normalized spacial score (nSPS) is 15.3. The topological polar surface area (TPSA) is 78.4 Å². The molecule has 0 heterocycles. The Hall–Kier alpha value is -1.69. The predicted molar refractivity (Wildman–Crippen MR) is 84.9 cm³/mol. The Balaban J connectivity index is 1.77. The first-order chi connectivity index (χ1) is 10.0. The lowest BCUT2D eigenvalue weighted by atomic mass is 10.1. The molecule has 3 N–H and O–H groups in total. The third-order valence-corrected chi connectivity index (χ3v) is 5.07. The first kappa shape index (κ1) is 15.7. The molecular weight excluding hydrogens is 288 g/mol. The number of carboxylic acid groups (broad SMARTS) is 1. The SMILES string of the molecule is CSC1(CNC(=O)Nc2ccc(CCC(=O)O)cc2)CC1. The second-order valence-electron chi connectivity index (χ2n) is 5.29. The predicted octanol–water partition coefficient (Wildman–Crippen LogP) is 2.72. The number of urea groups is 1. The molecule has 1 fully saturated rings. The summed E-state index contributed by atoms with van der Waals surface area (Å²) in [6.07, 6.45) is 5.00. The smallest absolute Gasteiger partial charge is 0.319 e. The number of aliphatic carboxylic acids is 1. The number of amides is 2. The molecule has 0 aliphatic heterocycles. The number of carboxylic acids is 1. The molecule has 0 unspecified atom stereocenters. The minimum absolute atomic E-state index is 0.115. The molecule has 2 amide bonds. The van der Waals surface area contributed by atoms with Crippen LogP contribution in [0.15, 0.2) is 24.3 Å². The lowest BCUT2D eigenvalue weighted by molar-refractivity contribution is -0.136. The van der Waals surface area contributed by atoms with Gasteiger partial charge in [-0.2, -0.15) is 11.8 Å². The van der Waals surface area contributed by atoms with Gasteiger partial charge in [0.25, 0.3) is 0 Å². The maximum Gasteiger partial charge on any atom is 0.319 e. The molecule has 0 saturated heterocycles. The van der Waals surface area contributed by atoms with Crippen molar-refractivity contribution in [3.8, 4) is 0 Å². The maximum atomic E-state index is 11.8. The zero-order chi connectivity index (χ0) is 15.3. The van der Waals surface area contributed by atoms with Crippen molar-refractivity contribution >= 4 is 29.4 Å². The molecule has 0 aromatic heterocycles. The highest BCUT2D eigenvalue weighted by atomic mass is 32.2. The molecular formula is C15H20N2O3S. The summed E-state index contributed by atoms with van der Waals surface area (Å²) in [5.74, 6) is -0.806. The van der Waals surface area contributed by atoms with Crippen molar-refractivity contribution in [2.24, 2.45) is 0 Å². The van der Waals surface area contributed by atoms with Gasteiger partial charge in [0.2, 0.25) is 0 Å². The highest BCUT2D eigenvalue weighted by Gasteiger charge is 2.41. The summed E-state index contributed by atoms with van der Waals surface area (Å²) in [5.41, 5.74) is 1.66. The fraction of sp³-hybridized carbons (Fsp3) is 0.467. The number of anilines is 1. The minimum atomic E-state index is -0.806. The van der Waals surface area contributed by atoms with E-state index in [9.17, 15) is 9.59 Å². The summed E-state index contributed by atoms with van der Waals surface area (Å²) in [7, 11) is 0. The zero-order valence-corrected chi connectivity index (χ0v) is 12.8. The Morgan fingerprint density at radius 1 is 1.29 bits per heavy atom. The van der Waals surface area contributed by atoms with Gasteiger partial charge < -0.3 is 15.7 Å². The molecule has 21 heavy (non-hydrogen) atoms. The molecule has 5 nitrogen and oxygen atoms in total. The van der Waals surface area contributed by atoms with Gasteiger partial charge >= 0.3 is 12.0 Å². The Bertz CT molecular complexity index is 512. The van der Waals surface area contributed by atoms with Crippen LogP contribution in [0.25, 0.3) is 0 Å². The van der Waals surface area contributed by atoms with Crippen LogP contribution in [0.3, 0.4) is 0 Å². The minimum Gasteiger partial charge on any atom is -0.481 e. The first-order valence-electron chi connectivity index (χ1n) is 6.94. The fourth-order valence-electron chi connectivity index (χ4n) is 2.02. The van der Waals surface area contributed by atoms with E-state index in [1.165, 1.54) is 0 Å². The molecule has 1 aliphatic rings. The van der Waals surface area contributed by atoms with E-state index >= 15 is 0 Å². The third-order valence-electron chi connectivity index (χ3n) is 3.65. The lowest BCUT2D eigenvalue weighted by Crippen LogP contribution is -2.35. The van der Waals surface area contributed by atoms with Crippen LogP contribution in [-0.2, 0) is 11.2 Å². The van der Waals surface area contributed by atoms with E-state index in [1.807, 2.05) is 12.1 Å². The summed E-state index contributed by atoms with van der Waals surface area (Å²) in [6.45, 7) is 0.691. The molecule has 114 valence electrons. The summed E-state index contributed by atoms with van der Waals surface area (Å²) in [4.78, 5) is 22.3. The molecule has 1 saturated carbocycles. The second-order valence-corrected chi connectivity index (χ2v) is 6.56. The van der Waals surface area contributed by atoms with Crippen molar-refractivity contribution in [2.45, 2.75) is 30.4 Å². The number of aryl methyl sites for hydroxylation is 1. The van der Waals surface area contributed by atoms with Crippen molar-refractivity contribution in [1.29, 1.82) is 0 Å². The standard InChI is InChI=1S/C15H20N2O3S/c1-21-15(8-9-15)10-16-14(20)17-12-5-2-11(3-6-12)4-7-13(18)19/h2-3,5-6H,4,7-10H2,1H3,(H,18,19)(H2,16,17,20). The van der Waals surface area contributed by atoms with E-state index in [4.69, 9.17) is 5.11 Å². The van der Waals surface area contributed by atoms with Crippen LogP contribution < -0.4 is 10.6 Å². The van der Waals surface area contributed by atoms with E-state index < -0.39 is 5.97 Å². The fourth-order valence-corrected chi connectivity index (χ4v) is 2.74. The summed E-state index contributed by atoms with van der Waals surface area (Å²) < 4.78 is 0.248. The van der Waals surface area contributed by atoms with Gasteiger partial charge in [0, 0.05) is 23.4 Å². The second kappa shape index (κ2) is 6.85. The molecule has 0 bridgehead atoms. The first-order valence-corrected chi connectivity index (χ1v) is 8.16. The molecule has 6 heteroatoms. The number of carbonyl (C=O) groups excluding carboxylic acids is 1. The number of benzene rings is 1. The van der Waals surface area contributed by atoms with Gasteiger partial charge in [-0.25, -0.2) is 4.79 Å². The number of rotatable bonds is 7. The lowest BCUT2D eigenvalue weighted by Gasteiger charge is -2.13. The summed E-state index contributed by atoms with van der Waals surface area (Å²) in [5, 5.41) is 14.3. The van der Waals surface area contributed by atoms with Crippen molar-refractivity contribution in [3.63, 3.8) is 0 Å². The van der Waals surface area contributed by atoms with Crippen molar-refractivity contribution < 1.29 is 14.7 Å². The van der Waals surface area contributed by atoms with Gasteiger partial charge in [0.05, 0.1) is 0 Å². The quantitative estimate of drug-likeness (QED) is 0.723. The van der Waals surface area contributed by atoms with E-state index in [0.717, 1.165) is 18.4 Å². The van der Waals surface area contributed by atoms with E-state index in [-0.39, 0.29) is 17.2 Å². The van der Waals surface area contributed by atoms with Gasteiger partial charge in [-0.15, -0.1) is 0 Å². The number of nitrogens with one attached hydrogen (secondary N) is 2. The van der Waals surface area contributed by atoms with Gasteiger partial charge in [0.15, 0.2) is 0 Å². The van der Waals surface area contributed by atoms with Gasteiger partial charge in [-0.05, 0) is 43.2 Å². The van der Waals surface area contributed by atoms with Crippen LogP contribution in [0.2, 0.25) is 0 Å². The van der Waals surface area contributed by atoms with Crippen molar-refractivity contribution in [2.75, 3.05) is 18.1 Å². The number of carbonyl (C=O) groups is 2. The molecule has 0 radical (unpaired) electrons. The average molecular weight is 308 g/mol.